The molecule has 2 atom stereocenters. The van der Waals surface area contributed by atoms with E-state index in [1.807, 2.05) is 6.92 Å². The zero-order chi connectivity index (χ0) is 7.99. The smallest absolute Gasteiger partial charge is 0.122 e. The molecule has 2 nitrogen and oxygen atoms in total. The van der Waals surface area contributed by atoms with Gasteiger partial charge in [-0.1, -0.05) is 20.8 Å². The Morgan fingerprint density at radius 3 is 1.90 bits per heavy atom. The van der Waals surface area contributed by atoms with Gasteiger partial charge >= 0.3 is 0 Å². The van der Waals surface area contributed by atoms with Crippen molar-refractivity contribution in [3.8, 4) is 0 Å². The monoisotopic (exact) mass is 144 g/mol. The zero-order valence-electron chi connectivity index (χ0n) is 7.14. The molecule has 1 saturated heterocycles. The Labute approximate surface area is 62.2 Å². The van der Waals surface area contributed by atoms with Gasteiger partial charge in [0.2, 0.25) is 0 Å². The number of ether oxygens (including phenoxy) is 1. The van der Waals surface area contributed by atoms with E-state index in [2.05, 4.69) is 20.8 Å². The van der Waals surface area contributed by atoms with Crippen LogP contribution in [0.2, 0.25) is 0 Å². The van der Waals surface area contributed by atoms with Crippen LogP contribution < -0.4 is 0 Å². The van der Waals surface area contributed by atoms with E-state index in [0.29, 0.717) is 0 Å². The molecule has 1 rings (SSSR count). The van der Waals surface area contributed by atoms with Gasteiger partial charge < -0.3 is 9.84 Å². The second kappa shape index (κ2) is 1.95. The summed E-state index contributed by atoms with van der Waals surface area (Å²) in [5.41, 5.74) is -0.200. The molecule has 0 bridgehead atoms. The lowest BCUT2D eigenvalue weighted by molar-refractivity contribution is 0.0822. The lowest BCUT2D eigenvalue weighted by Gasteiger charge is -2.25. The van der Waals surface area contributed by atoms with Gasteiger partial charge in [-0.15, -0.1) is 0 Å². The molecule has 0 amide bonds. The normalized spacial score (nSPS) is 39.9. The van der Waals surface area contributed by atoms with Gasteiger partial charge in [0, 0.05) is 0 Å². The van der Waals surface area contributed by atoms with Crippen molar-refractivity contribution in [3.63, 3.8) is 0 Å². The van der Waals surface area contributed by atoms with Crippen molar-refractivity contribution in [2.45, 2.75) is 39.4 Å². The maximum absolute atomic E-state index is 9.04. The summed E-state index contributed by atoms with van der Waals surface area (Å²) in [4.78, 5) is 0. The van der Waals surface area contributed by atoms with Crippen LogP contribution in [-0.2, 0) is 4.74 Å². The van der Waals surface area contributed by atoms with Crippen molar-refractivity contribution in [2.24, 2.45) is 5.41 Å². The Balaban J connectivity index is 2.69. The summed E-state index contributed by atoms with van der Waals surface area (Å²) in [7, 11) is 0. The molecule has 0 unspecified atom stereocenters. The molecule has 10 heavy (non-hydrogen) atoms. The first-order valence-corrected chi connectivity index (χ1v) is 3.73. The highest BCUT2D eigenvalue weighted by atomic mass is 16.6. The minimum atomic E-state index is -0.257. The highest BCUT2D eigenvalue weighted by Gasteiger charge is 2.60. The van der Waals surface area contributed by atoms with Crippen LogP contribution in [0.5, 0.6) is 0 Å². The van der Waals surface area contributed by atoms with Crippen LogP contribution in [-0.4, -0.2) is 23.4 Å². The Morgan fingerprint density at radius 2 is 1.90 bits per heavy atom. The van der Waals surface area contributed by atoms with Gasteiger partial charge in [-0.2, -0.15) is 0 Å². The third-order valence-electron chi connectivity index (χ3n) is 2.49. The van der Waals surface area contributed by atoms with Crippen molar-refractivity contribution in [3.05, 3.63) is 0 Å². The molecule has 0 spiro atoms. The minimum absolute atomic E-state index is 0.0567. The highest BCUT2D eigenvalue weighted by Crippen LogP contribution is 2.49. The number of rotatable bonds is 1. The average molecular weight is 144 g/mol. The predicted molar refractivity (Wildman–Crippen MR) is 39.8 cm³/mol. The van der Waals surface area contributed by atoms with E-state index in [0.717, 1.165) is 0 Å². The molecule has 1 aliphatic rings. The molecule has 0 aromatic heterocycles. The molecule has 0 saturated carbocycles. The summed E-state index contributed by atoms with van der Waals surface area (Å²) in [6.45, 7) is 8.41. The number of aliphatic hydroxyl groups excluding tert-OH is 1. The second-order valence-electron chi connectivity index (χ2n) is 4.06. The fraction of sp³-hybridized carbons (Fsp3) is 1.00. The van der Waals surface area contributed by atoms with Crippen molar-refractivity contribution < 1.29 is 9.84 Å². The van der Waals surface area contributed by atoms with Gasteiger partial charge in [-0.3, -0.25) is 0 Å². The molecular weight excluding hydrogens is 128 g/mol. The lowest BCUT2D eigenvalue weighted by atomic mass is 9.79. The fourth-order valence-electron chi connectivity index (χ4n) is 1.47. The quantitative estimate of drug-likeness (QED) is 0.560. The maximum atomic E-state index is 9.04. The third kappa shape index (κ3) is 0.867. The van der Waals surface area contributed by atoms with E-state index in [-0.39, 0.29) is 23.7 Å². The van der Waals surface area contributed by atoms with Crippen LogP contribution in [0, 0.1) is 5.41 Å². The second-order valence-corrected chi connectivity index (χ2v) is 4.06. The number of epoxide rings is 1. The van der Waals surface area contributed by atoms with Crippen molar-refractivity contribution in [1.29, 1.82) is 0 Å². The third-order valence-corrected chi connectivity index (χ3v) is 2.49. The molecule has 0 aromatic rings. The lowest BCUT2D eigenvalue weighted by Crippen LogP contribution is -2.35. The number of aliphatic hydroxyl groups is 1. The first-order chi connectivity index (χ1) is 4.44. The minimum Gasteiger partial charge on any atom is -0.393 e. The van der Waals surface area contributed by atoms with E-state index in [1.54, 1.807) is 0 Å². The molecule has 1 aliphatic heterocycles. The van der Waals surface area contributed by atoms with Gasteiger partial charge in [0.05, 0.1) is 12.7 Å². The van der Waals surface area contributed by atoms with E-state index in [9.17, 15) is 0 Å². The Kier molecular flexibility index (Phi) is 1.57. The van der Waals surface area contributed by atoms with Gasteiger partial charge in [-0.25, -0.2) is 0 Å². The molecule has 0 radical (unpaired) electrons. The fourth-order valence-corrected chi connectivity index (χ4v) is 1.47. The van der Waals surface area contributed by atoms with E-state index >= 15 is 0 Å². The summed E-state index contributed by atoms with van der Waals surface area (Å²) in [5.74, 6) is 0. The SMILES string of the molecule is C[C@H]1O[C@]1(CO)C(C)(C)C. The van der Waals surface area contributed by atoms with E-state index < -0.39 is 0 Å². The van der Waals surface area contributed by atoms with Gasteiger partial charge in [-0.05, 0) is 12.3 Å². The van der Waals surface area contributed by atoms with Gasteiger partial charge in [0.25, 0.3) is 0 Å². The Bertz CT molecular complexity index is 133. The first-order valence-electron chi connectivity index (χ1n) is 3.73. The van der Waals surface area contributed by atoms with Crippen LogP contribution in [0.3, 0.4) is 0 Å². The van der Waals surface area contributed by atoms with Crippen molar-refractivity contribution in [1.82, 2.24) is 0 Å². The molecule has 0 aliphatic carbocycles. The molecule has 2 heteroatoms. The summed E-state index contributed by atoms with van der Waals surface area (Å²) in [5, 5.41) is 9.04. The summed E-state index contributed by atoms with van der Waals surface area (Å²) >= 11 is 0. The molecule has 1 fully saturated rings. The van der Waals surface area contributed by atoms with Crippen LogP contribution in [0.1, 0.15) is 27.7 Å². The number of hydrogen-bond acceptors (Lipinski definition) is 2. The highest BCUT2D eigenvalue weighted by molar-refractivity contribution is 5.07. The van der Waals surface area contributed by atoms with E-state index in [4.69, 9.17) is 9.84 Å². The zero-order valence-corrected chi connectivity index (χ0v) is 7.14. The molecule has 60 valence electrons. The molecular formula is C8H16O2. The van der Waals surface area contributed by atoms with Crippen molar-refractivity contribution >= 4 is 0 Å². The van der Waals surface area contributed by atoms with Crippen LogP contribution >= 0.6 is 0 Å². The number of hydrogen-bond donors (Lipinski definition) is 1. The Morgan fingerprint density at radius 1 is 1.50 bits per heavy atom. The summed E-state index contributed by atoms with van der Waals surface area (Å²) in [6.07, 6.45) is 0.220. The van der Waals surface area contributed by atoms with Gasteiger partial charge in [0.15, 0.2) is 0 Å². The maximum Gasteiger partial charge on any atom is 0.122 e. The Hall–Kier alpha value is -0.0800. The molecule has 1 N–H and O–H groups in total. The topological polar surface area (TPSA) is 32.8 Å². The van der Waals surface area contributed by atoms with Crippen LogP contribution in [0.25, 0.3) is 0 Å². The molecule has 0 aromatic carbocycles. The summed E-state index contributed by atoms with van der Waals surface area (Å²) < 4.78 is 5.37. The predicted octanol–water partition coefficient (Wildman–Crippen LogP) is 1.18. The summed E-state index contributed by atoms with van der Waals surface area (Å²) in [6, 6.07) is 0. The largest absolute Gasteiger partial charge is 0.393 e. The van der Waals surface area contributed by atoms with Crippen LogP contribution in [0.15, 0.2) is 0 Å². The van der Waals surface area contributed by atoms with E-state index in [1.165, 1.54) is 0 Å². The molecule has 1 heterocycles. The average Bonchev–Trinajstić information content (AvgIpc) is 2.40. The first kappa shape index (κ1) is 8.02. The van der Waals surface area contributed by atoms with Crippen LogP contribution in [0.4, 0.5) is 0 Å². The standard InChI is InChI=1S/C8H16O2/c1-6-8(5-9,10-6)7(2,3)4/h6,9H,5H2,1-4H3/t6-,8+/m1/s1. The van der Waals surface area contributed by atoms with Gasteiger partial charge in [0.1, 0.15) is 5.60 Å². The van der Waals surface area contributed by atoms with Crippen molar-refractivity contribution in [2.75, 3.05) is 6.61 Å².